The van der Waals surface area contributed by atoms with E-state index >= 15 is 0 Å². The highest BCUT2D eigenvalue weighted by Crippen LogP contribution is 2.26. The molecule has 2 aromatic carbocycles. The van der Waals surface area contributed by atoms with E-state index in [0.29, 0.717) is 23.4 Å². The van der Waals surface area contributed by atoms with Crippen molar-refractivity contribution in [3.05, 3.63) is 77.1 Å². The second kappa shape index (κ2) is 7.44. The Hall–Kier alpha value is -2.10. The van der Waals surface area contributed by atoms with Gasteiger partial charge in [-0.2, -0.15) is 0 Å². The van der Waals surface area contributed by atoms with E-state index in [4.69, 9.17) is 16.0 Å². The first-order chi connectivity index (χ1) is 11.2. The molecular formula is C19H19ClN2O. The van der Waals surface area contributed by atoms with E-state index in [-0.39, 0.29) is 0 Å². The number of nitrogens with one attached hydrogen (secondary N) is 1. The summed E-state index contributed by atoms with van der Waals surface area (Å²) in [4.78, 5) is 4.50. The van der Waals surface area contributed by atoms with Gasteiger partial charge >= 0.3 is 0 Å². The largest absolute Gasteiger partial charge is 0.444 e. The zero-order valence-corrected chi connectivity index (χ0v) is 13.8. The Labute approximate surface area is 141 Å². The van der Waals surface area contributed by atoms with Gasteiger partial charge in [-0.25, -0.2) is 4.98 Å². The van der Waals surface area contributed by atoms with Crippen molar-refractivity contribution in [2.45, 2.75) is 19.4 Å². The van der Waals surface area contributed by atoms with Crippen molar-refractivity contribution in [2.24, 2.45) is 0 Å². The van der Waals surface area contributed by atoms with E-state index in [1.165, 1.54) is 5.56 Å². The normalized spacial score (nSPS) is 12.3. The van der Waals surface area contributed by atoms with Crippen molar-refractivity contribution >= 4 is 11.6 Å². The second-order valence-electron chi connectivity index (χ2n) is 5.57. The van der Waals surface area contributed by atoms with Gasteiger partial charge in [0.05, 0.1) is 16.3 Å². The number of hydrogen-bond donors (Lipinski definition) is 1. The minimum absolute atomic E-state index is 0.450. The molecule has 0 amide bonds. The number of benzene rings is 2. The van der Waals surface area contributed by atoms with Crippen LogP contribution in [-0.4, -0.2) is 11.5 Å². The van der Waals surface area contributed by atoms with Crippen LogP contribution in [0.4, 0.5) is 0 Å². The maximum atomic E-state index is 6.17. The Morgan fingerprint density at radius 2 is 1.83 bits per heavy atom. The zero-order chi connectivity index (χ0) is 16.1. The van der Waals surface area contributed by atoms with Crippen LogP contribution >= 0.6 is 11.6 Å². The fourth-order valence-electron chi connectivity index (χ4n) is 2.46. The van der Waals surface area contributed by atoms with Gasteiger partial charge in [-0.1, -0.05) is 61.0 Å². The molecule has 0 saturated carbocycles. The van der Waals surface area contributed by atoms with Crippen molar-refractivity contribution in [3.8, 4) is 11.5 Å². The predicted molar refractivity (Wildman–Crippen MR) is 93.5 cm³/mol. The van der Waals surface area contributed by atoms with Crippen LogP contribution in [0, 0.1) is 0 Å². The molecule has 0 spiro atoms. The molecule has 0 aliphatic carbocycles. The molecule has 0 aliphatic rings. The van der Waals surface area contributed by atoms with Crippen LogP contribution in [0.2, 0.25) is 5.02 Å². The summed E-state index contributed by atoms with van der Waals surface area (Å²) in [6.07, 6.45) is 1.68. The maximum absolute atomic E-state index is 6.17. The highest BCUT2D eigenvalue weighted by atomic mass is 35.5. The van der Waals surface area contributed by atoms with Crippen molar-refractivity contribution in [1.29, 1.82) is 0 Å². The molecule has 0 saturated heterocycles. The lowest BCUT2D eigenvalue weighted by atomic mass is 10.0. The summed E-state index contributed by atoms with van der Waals surface area (Å²) in [6.45, 7) is 3.77. The standard InChI is InChI=1S/C19H19ClN2O/c1-14(15-7-3-2-4-8-15)11-21-12-16-13-23-19(22-16)17-9-5-6-10-18(17)20/h2-10,13-14,21H,11-12H2,1H3. The molecule has 4 heteroatoms. The van der Waals surface area contributed by atoms with Gasteiger partial charge in [0.15, 0.2) is 0 Å². The third kappa shape index (κ3) is 4.01. The second-order valence-corrected chi connectivity index (χ2v) is 5.97. The molecule has 0 radical (unpaired) electrons. The van der Waals surface area contributed by atoms with E-state index in [2.05, 4.69) is 41.5 Å². The van der Waals surface area contributed by atoms with E-state index in [1.54, 1.807) is 6.26 Å². The Kier molecular flexibility index (Phi) is 5.11. The van der Waals surface area contributed by atoms with Crippen LogP contribution in [0.15, 0.2) is 65.3 Å². The van der Waals surface area contributed by atoms with Gasteiger partial charge in [0.1, 0.15) is 6.26 Å². The predicted octanol–water partition coefficient (Wildman–Crippen LogP) is 4.89. The van der Waals surface area contributed by atoms with Gasteiger partial charge in [0.2, 0.25) is 5.89 Å². The molecule has 3 rings (SSSR count). The van der Waals surface area contributed by atoms with Crippen molar-refractivity contribution in [1.82, 2.24) is 10.3 Å². The number of aromatic nitrogens is 1. The molecule has 0 fully saturated rings. The minimum Gasteiger partial charge on any atom is -0.444 e. The molecule has 3 nitrogen and oxygen atoms in total. The summed E-state index contributed by atoms with van der Waals surface area (Å²) in [5.41, 5.74) is 3.02. The third-order valence-corrected chi connectivity index (χ3v) is 4.11. The van der Waals surface area contributed by atoms with Gasteiger partial charge < -0.3 is 9.73 Å². The fraction of sp³-hybridized carbons (Fsp3) is 0.211. The summed E-state index contributed by atoms with van der Waals surface area (Å²) in [7, 11) is 0. The minimum atomic E-state index is 0.450. The molecule has 23 heavy (non-hydrogen) atoms. The molecule has 1 unspecified atom stereocenters. The Bertz CT molecular complexity index is 755. The Balaban J connectivity index is 1.57. The molecule has 1 heterocycles. The maximum Gasteiger partial charge on any atom is 0.227 e. The van der Waals surface area contributed by atoms with Crippen LogP contribution in [0.5, 0.6) is 0 Å². The molecule has 0 aliphatic heterocycles. The molecule has 1 N–H and O–H groups in total. The smallest absolute Gasteiger partial charge is 0.227 e. The van der Waals surface area contributed by atoms with E-state index < -0.39 is 0 Å². The number of hydrogen-bond acceptors (Lipinski definition) is 3. The SMILES string of the molecule is CC(CNCc1coc(-c2ccccc2Cl)n1)c1ccccc1. The Morgan fingerprint density at radius 3 is 2.61 bits per heavy atom. The van der Waals surface area contributed by atoms with E-state index in [1.807, 2.05) is 30.3 Å². The number of rotatable bonds is 6. The van der Waals surface area contributed by atoms with Gasteiger partial charge in [-0.3, -0.25) is 0 Å². The van der Waals surface area contributed by atoms with Crippen LogP contribution in [-0.2, 0) is 6.54 Å². The zero-order valence-electron chi connectivity index (χ0n) is 13.0. The van der Waals surface area contributed by atoms with Gasteiger partial charge in [0, 0.05) is 13.1 Å². The van der Waals surface area contributed by atoms with Gasteiger partial charge in [0.25, 0.3) is 0 Å². The van der Waals surface area contributed by atoms with Crippen LogP contribution in [0.1, 0.15) is 24.1 Å². The summed E-state index contributed by atoms with van der Waals surface area (Å²) in [6, 6.07) is 18.0. The van der Waals surface area contributed by atoms with Crippen LogP contribution < -0.4 is 5.32 Å². The number of oxazole rings is 1. The average molecular weight is 327 g/mol. The topological polar surface area (TPSA) is 38.1 Å². The van der Waals surface area contributed by atoms with Gasteiger partial charge in [-0.15, -0.1) is 0 Å². The molecular weight excluding hydrogens is 308 g/mol. The van der Waals surface area contributed by atoms with Crippen molar-refractivity contribution < 1.29 is 4.42 Å². The fourth-order valence-corrected chi connectivity index (χ4v) is 2.68. The quantitative estimate of drug-likeness (QED) is 0.701. The summed E-state index contributed by atoms with van der Waals surface area (Å²) < 4.78 is 5.54. The summed E-state index contributed by atoms with van der Waals surface area (Å²) in [5, 5.41) is 4.07. The molecule has 0 bridgehead atoms. The first kappa shape index (κ1) is 15.8. The third-order valence-electron chi connectivity index (χ3n) is 3.78. The number of halogens is 1. The van der Waals surface area contributed by atoms with Crippen LogP contribution in [0.25, 0.3) is 11.5 Å². The van der Waals surface area contributed by atoms with E-state index in [0.717, 1.165) is 17.8 Å². The lowest BCUT2D eigenvalue weighted by Crippen LogP contribution is -2.19. The molecule has 3 aromatic rings. The highest BCUT2D eigenvalue weighted by molar-refractivity contribution is 6.33. The van der Waals surface area contributed by atoms with Crippen molar-refractivity contribution in [3.63, 3.8) is 0 Å². The lowest BCUT2D eigenvalue weighted by Gasteiger charge is -2.12. The Morgan fingerprint density at radius 1 is 1.09 bits per heavy atom. The molecule has 1 atom stereocenters. The first-order valence-corrected chi connectivity index (χ1v) is 8.07. The molecule has 1 aromatic heterocycles. The average Bonchev–Trinajstić information content (AvgIpc) is 3.04. The molecule has 118 valence electrons. The number of nitrogens with zero attached hydrogens (tertiary/aromatic N) is 1. The first-order valence-electron chi connectivity index (χ1n) is 7.69. The monoisotopic (exact) mass is 326 g/mol. The summed E-state index contributed by atoms with van der Waals surface area (Å²) >= 11 is 6.17. The lowest BCUT2D eigenvalue weighted by molar-refractivity contribution is 0.567. The highest BCUT2D eigenvalue weighted by Gasteiger charge is 2.10. The summed E-state index contributed by atoms with van der Waals surface area (Å²) in [5.74, 6) is 1.01. The van der Waals surface area contributed by atoms with Gasteiger partial charge in [-0.05, 0) is 23.6 Å². The van der Waals surface area contributed by atoms with Crippen molar-refractivity contribution in [2.75, 3.05) is 6.54 Å². The van der Waals surface area contributed by atoms with Crippen LogP contribution in [0.3, 0.4) is 0 Å². The van der Waals surface area contributed by atoms with E-state index in [9.17, 15) is 0 Å².